The average molecular weight is 410 g/mol. The minimum absolute atomic E-state index is 0.487. The Hall–Kier alpha value is -2.59. The summed E-state index contributed by atoms with van der Waals surface area (Å²) in [5, 5.41) is 0. The van der Waals surface area contributed by atoms with Crippen molar-refractivity contribution in [1.29, 1.82) is 0 Å². The van der Waals surface area contributed by atoms with Crippen molar-refractivity contribution >= 4 is 27.8 Å². The Bertz CT molecular complexity index is 887. The first kappa shape index (κ1) is 18.2. The van der Waals surface area contributed by atoms with Crippen molar-refractivity contribution in [3.05, 3.63) is 87.9 Å². The molecule has 0 aliphatic carbocycles. The van der Waals surface area contributed by atoms with Gasteiger partial charge in [-0.2, -0.15) is 0 Å². The standard InChI is InChI=1S/C22H20BrNO2/c1-16-3-10-20(11-4-16)24-14-18-7-12-21(22(13-18)25-2)26-15-17-5-8-19(23)9-6-17/h3-14H,15H2,1-2H3. The highest BCUT2D eigenvalue weighted by Crippen LogP contribution is 2.28. The summed E-state index contributed by atoms with van der Waals surface area (Å²) in [4.78, 5) is 4.50. The molecule has 0 spiro atoms. The second-order valence-corrected chi connectivity index (χ2v) is 6.83. The van der Waals surface area contributed by atoms with Crippen LogP contribution in [-0.2, 0) is 6.61 Å². The Morgan fingerprint density at radius 2 is 1.65 bits per heavy atom. The van der Waals surface area contributed by atoms with Gasteiger partial charge in [0, 0.05) is 10.7 Å². The van der Waals surface area contributed by atoms with E-state index >= 15 is 0 Å². The maximum absolute atomic E-state index is 5.90. The largest absolute Gasteiger partial charge is 0.493 e. The van der Waals surface area contributed by atoms with Gasteiger partial charge in [-0.05, 0) is 60.5 Å². The van der Waals surface area contributed by atoms with E-state index in [0.717, 1.165) is 21.3 Å². The second kappa shape index (κ2) is 8.68. The first-order chi connectivity index (χ1) is 12.6. The normalized spacial score (nSPS) is 10.9. The van der Waals surface area contributed by atoms with Gasteiger partial charge in [0.1, 0.15) is 6.61 Å². The van der Waals surface area contributed by atoms with Crippen LogP contribution in [0.5, 0.6) is 11.5 Å². The van der Waals surface area contributed by atoms with Crippen LogP contribution in [-0.4, -0.2) is 13.3 Å². The highest BCUT2D eigenvalue weighted by atomic mass is 79.9. The molecule has 0 saturated heterocycles. The fourth-order valence-electron chi connectivity index (χ4n) is 2.41. The van der Waals surface area contributed by atoms with E-state index in [1.807, 2.05) is 72.9 Å². The fraction of sp³-hybridized carbons (Fsp3) is 0.136. The van der Waals surface area contributed by atoms with Crippen molar-refractivity contribution in [1.82, 2.24) is 0 Å². The minimum atomic E-state index is 0.487. The number of aliphatic imine (C=N–C) groups is 1. The average Bonchev–Trinajstić information content (AvgIpc) is 2.67. The van der Waals surface area contributed by atoms with E-state index < -0.39 is 0 Å². The van der Waals surface area contributed by atoms with E-state index in [2.05, 4.69) is 27.8 Å². The number of methoxy groups -OCH3 is 1. The number of nitrogens with zero attached hydrogens (tertiary/aromatic N) is 1. The van der Waals surface area contributed by atoms with Crippen molar-refractivity contribution in [2.75, 3.05) is 7.11 Å². The van der Waals surface area contributed by atoms with Gasteiger partial charge < -0.3 is 9.47 Å². The Labute approximate surface area is 162 Å². The van der Waals surface area contributed by atoms with E-state index in [0.29, 0.717) is 18.1 Å². The summed E-state index contributed by atoms with van der Waals surface area (Å²) in [7, 11) is 1.64. The van der Waals surface area contributed by atoms with Gasteiger partial charge in [-0.15, -0.1) is 0 Å². The summed E-state index contributed by atoms with van der Waals surface area (Å²) in [6, 6.07) is 22.0. The lowest BCUT2D eigenvalue weighted by atomic mass is 10.2. The highest BCUT2D eigenvalue weighted by Gasteiger charge is 2.06. The molecule has 0 aliphatic heterocycles. The molecule has 0 aromatic heterocycles. The van der Waals surface area contributed by atoms with E-state index in [1.54, 1.807) is 7.11 Å². The zero-order valence-corrected chi connectivity index (χ0v) is 16.4. The number of rotatable bonds is 6. The highest BCUT2D eigenvalue weighted by molar-refractivity contribution is 9.10. The number of ether oxygens (including phenoxy) is 2. The fourth-order valence-corrected chi connectivity index (χ4v) is 2.67. The second-order valence-electron chi connectivity index (χ2n) is 5.92. The van der Waals surface area contributed by atoms with Crippen LogP contribution >= 0.6 is 15.9 Å². The number of hydrogen-bond donors (Lipinski definition) is 0. The summed E-state index contributed by atoms with van der Waals surface area (Å²) < 4.78 is 12.4. The van der Waals surface area contributed by atoms with Gasteiger partial charge in [-0.1, -0.05) is 45.8 Å². The predicted molar refractivity (Wildman–Crippen MR) is 110 cm³/mol. The molecule has 3 nitrogen and oxygen atoms in total. The Balaban J connectivity index is 1.70. The van der Waals surface area contributed by atoms with E-state index in [-0.39, 0.29) is 0 Å². The minimum Gasteiger partial charge on any atom is -0.493 e. The molecule has 0 unspecified atom stereocenters. The van der Waals surface area contributed by atoms with Crippen molar-refractivity contribution in [3.8, 4) is 11.5 Å². The summed E-state index contributed by atoms with van der Waals surface area (Å²) in [6.45, 7) is 2.55. The van der Waals surface area contributed by atoms with Crippen LogP contribution < -0.4 is 9.47 Å². The van der Waals surface area contributed by atoms with E-state index in [4.69, 9.17) is 9.47 Å². The van der Waals surface area contributed by atoms with Crippen LogP contribution in [0.3, 0.4) is 0 Å². The Kier molecular flexibility index (Phi) is 6.08. The molecule has 0 atom stereocenters. The molecule has 132 valence electrons. The van der Waals surface area contributed by atoms with Crippen molar-refractivity contribution in [3.63, 3.8) is 0 Å². The van der Waals surface area contributed by atoms with Crippen LogP contribution in [0.4, 0.5) is 5.69 Å². The van der Waals surface area contributed by atoms with Crippen LogP contribution in [0.1, 0.15) is 16.7 Å². The van der Waals surface area contributed by atoms with Gasteiger partial charge in [0.2, 0.25) is 0 Å². The first-order valence-corrected chi connectivity index (χ1v) is 9.09. The topological polar surface area (TPSA) is 30.8 Å². The molecule has 3 aromatic rings. The molecule has 0 N–H and O–H groups in total. The summed E-state index contributed by atoms with van der Waals surface area (Å²) in [5.41, 5.74) is 4.20. The molecule has 0 heterocycles. The lowest BCUT2D eigenvalue weighted by molar-refractivity contribution is 0.284. The van der Waals surface area contributed by atoms with Crippen molar-refractivity contribution in [2.45, 2.75) is 13.5 Å². The molecule has 0 saturated carbocycles. The van der Waals surface area contributed by atoms with Gasteiger partial charge in [0.25, 0.3) is 0 Å². The van der Waals surface area contributed by atoms with Crippen LogP contribution in [0, 0.1) is 6.92 Å². The first-order valence-electron chi connectivity index (χ1n) is 8.30. The van der Waals surface area contributed by atoms with Gasteiger partial charge in [0.05, 0.1) is 12.8 Å². The number of benzene rings is 3. The molecule has 4 heteroatoms. The molecule has 26 heavy (non-hydrogen) atoms. The van der Waals surface area contributed by atoms with Crippen LogP contribution in [0.2, 0.25) is 0 Å². The molecule has 0 bridgehead atoms. The lowest BCUT2D eigenvalue weighted by Gasteiger charge is -2.11. The quantitative estimate of drug-likeness (QED) is 0.460. The molecule has 0 fully saturated rings. The summed E-state index contributed by atoms with van der Waals surface area (Å²) in [6.07, 6.45) is 1.83. The lowest BCUT2D eigenvalue weighted by Crippen LogP contribution is -1.98. The molecule has 3 aromatic carbocycles. The van der Waals surface area contributed by atoms with Crippen LogP contribution in [0.25, 0.3) is 0 Å². The molecule has 0 amide bonds. The Morgan fingerprint density at radius 3 is 2.35 bits per heavy atom. The number of halogens is 1. The zero-order valence-electron chi connectivity index (χ0n) is 14.8. The van der Waals surface area contributed by atoms with Gasteiger partial charge in [-0.25, -0.2) is 0 Å². The zero-order chi connectivity index (χ0) is 18.4. The number of hydrogen-bond acceptors (Lipinski definition) is 3. The molecular weight excluding hydrogens is 390 g/mol. The summed E-state index contributed by atoms with van der Waals surface area (Å²) in [5.74, 6) is 1.40. The summed E-state index contributed by atoms with van der Waals surface area (Å²) >= 11 is 3.43. The van der Waals surface area contributed by atoms with E-state index in [9.17, 15) is 0 Å². The maximum Gasteiger partial charge on any atom is 0.161 e. The van der Waals surface area contributed by atoms with Crippen molar-refractivity contribution < 1.29 is 9.47 Å². The molecule has 0 radical (unpaired) electrons. The van der Waals surface area contributed by atoms with Gasteiger partial charge in [-0.3, -0.25) is 4.99 Å². The monoisotopic (exact) mass is 409 g/mol. The SMILES string of the molecule is COc1cc(C=Nc2ccc(C)cc2)ccc1OCc1ccc(Br)cc1. The van der Waals surface area contributed by atoms with Gasteiger partial charge >= 0.3 is 0 Å². The number of aryl methyl sites for hydroxylation is 1. The van der Waals surface area contributed by atoms with Gasteiger partial charge in [0.15, 0.2) is 11.5 Å². The Morgan fingerprint density at radius 1 is 0.923 bits per heavy atom. The van der Waals surface area contributed by atoms with E-state index in [1.165, 1.54) is 5.56 Å². The van der Waals surface area contributed by atoms with Crippen molar-refractivity contribution in [2.24, 2.45) is 4.99 Å². The molecule has 0 aliphatic rings. The maximum atomic E-state index is 5.90. The van der Waals surface area contributed by atoms with Crippen LogP contribution in [0.15, 0.2) is 76.2 Å². The third-order valence-electron chi connectivity index (χ3n) is 3.89. The third kappa shape index (κ3) is 4.96. The smallest absolute Gasteiger partial charge is 0.161 e. The molecule has 3 rings (SSSR count). The molecular formula is C22H20BrNO2. The predicted octanol–water partition coefficient (Wildman–Crippen LogP) is 6.10. The third-order valence-corrected chi connectivity index (χ3v) is 4.42.